The zero-order valence-corrected chi connectivity index (χ0v) is 17.3. The van der Waals surface area contributed by atoms with Crippen molar-refractivity contribution in [3.05, 3.63) is 34.8 Å². The number of benzene rings is 1. The first-order chi connectivity index (χ1) is 13.7. The Bertz CT molecular complexity index is 939. The number of hydrogen-bond acceptors (Lipinski definition) is 6. The number of oxazole rings is 1. The Morgan fingerprint density at radius 1 is 1.28 bits per heavy atom. The van der Waals surface area contributed by atoms with Crippen molar-refractivity contribution in [3.8, 4) is 0 Å². The van der Waals surface area contributed by atoms with E-state index in [9.17, 15) is 14.4 Å². The molecule has 8 heteroatoms. The van der Waals surface area contributed by atoms with Crippen LogP contribution in [-0.4, -0.2) is 45.8 Å². The number of carbonyl (C=O) groups is 2. The number of aryl methyl sites for hydroxylation is 1. The summed E-state index contributed by atoms with van der Waals surface area (Å²) < 4.78 is 17.6. The van der Waals surface area contributed by atoms with E-state index in [4.69, 9.17) is 13.9 Å². The third-order valence-electron chi connectivity index (χ3n) is 4.90. The van der Waals surface area contributed by atoms with Gasteiger partial charge in [-0.05, 0) is 52.7 Å². The minimum Gasteiger partial charge on any atom is -0.460 e. The maximum Gasteiger partial charge on any atom is 0.419 e. The lowest BCUT2D eigenvalue weighted by atomic mass is 10.1. The molecule has 1 aromatic carbocycles. The van der Waals surface area contributed by atoms with Gasteiger partial charge in [-0.1, -0.05) is 12.1 Å². The number of fused-ring (bicyclic) bond motifs is 1. The molecule has 1 aromatic heterocycles. The van der Waals surface area contributed by atoms with Crippen LogP contribution in [0.1, 0.15) is 47.0 Å². The standard InChI is InChI=1S/C21H28N2O6/c1-14(15-9-7-12-22(15)20(26)29-21(2,3)4)27-18(24)11-13-23-16-8-5-6-10-17(16)28-19(23)25/h5-6,8,10,14-15H,7,9,11-13H2,1-4H3/t14-,15-/m0/s1. The van der Waals surface area contributed by atoms with Gasteiger partial charge in [0.25, 0.3) is 0 Å². The highest BCUT2D eigenvalue weighted by molar-refractivity contribution is 5.73. The van der Waals surface area contributed by atoms with Crippen molar-refractivity contribution in [2.24, 2.45) is 0 Å². The summed E-state index contributed by atoms with van der Waals surface area (Å²) in [5.74, 6) is -0.926. The molecule has 158 valence electrons. The van der Waals surface area contributed by atoms with Gasteiger partial charge in [0.2, 0.25) is 0 Å². The van der Waals surface area contributed by atoms with Crippen LogP contribution >= 0.6 is 0 Å². The number of para-hydroxylation sites is 2. The van der Waals surface area contributed by atoms with Gasteiger partial charge in [0.05, 0.1) is 18.0 Å². The zero-order valence-electron chi connectivity index (χ0n) is 17.3. The molecule has 1 saturated heterocycles. The second kappa shape index (κ2) is 8.31. The summed E-state index contributed by atoms with van der Waals surface area (Å²) in [6.45, 7) is 7.99. The van der Waals surface area contributed by atoms with Gasteiger partial charge in [-0.15, -0.1) is 0 Å². The number of hydrogen-bond donors (Lipinski definition) is 0. The van der Waals surface area contributed by atoms with Crippen LogP contribution in [0.25, 0.3) is 11.1 Å². The van der Waals surface area contributed by atoms with E-state index in [1.165, 1.54) is 4.57 Å². The maximum atomic E-state index is 12.4. The zero-order chi connectivity index (χ0) is 21.2. The Labute approximate surface area is 169 Å². The number of amides is 1. The third kappa shape index (κ3) is 4.99. The van der Waals surface area contributed by atoms with Crippen molar-refractivity contribution in [1.82, 2.24) is 9.47 Å². The molecule has 8 nitrogen and oxygen atoms in total. The lowest BCUT2D eigenvalue weighted by Crippen LogP contribution is -2.45. The largest absolute Gasteiger partial charge is 0.460 e. The first-order valence-corrected chi connectivity index (χ1v) is 9.93. The molecule has 3 rings (SSSR count). The number of aromatic nitrogens is 1. The van der Waals surface area contributed by atoms with E-state index in [1.807, 2.05) is 20.8 Å². The van der Waals surface area contributed by atoms with Crippen LogP contribution in [0.2, 0.25) is 0 Å². The fourth-order valence-corrected chi connectivity index (χ4v) is 3.60. The molecule has 2 heterocycles. The van der Waals surface area contributed by atoms with Crippen LogP contribution in [0.3, 0.4) is 0 Å². The van der Waals surface area contributed by atoms with E-state index in [0.717, 1.165) is 12.8 Å². The average Bonchev–Trinajstić information content (AvgIpc) is 3.22. The van der Waals surface area contributed by atoms with E-state index in [-0.39, 0.29) is 25.1 Å². The second-order valence-corrected chi connectivity index (χ2v) is 8.32. The van der Waals surface area contributed by atoms with Gasteiger partial charge in [0.15, 0.2) is 5.58 Å². The average molecular weight is 404 g/mol. The smallest absolute Gasteiger partial charge is 0.419 e. The molecule has 0 bridgehead atoms. The van der Waals surface area contributed by atoms with Crippen molar-refractivity contribution in [3.63, 3.8) is 0 Å². The van der Waals surface area contributed by atoms with Crippen molar-refractivity contribution < 1.29 is 23.5 Å². The monoisotopic (exact) mass is 404 g/mol. The van der Waals surface area contributed by atoms with Crippen LogP contribution in [0.15, 0.2) is 33.5 Å². The Morgan fingerprint density at radius 3 is 2.72 bits per heavy atom. The topological polar surface area (TPSA) is 91.0 Å². The Hall–Kier alpha value is -2.77. The summed E-state index contributed by atoms with van der Waals surface area (Å²) in [4.78, 5) is 38.4. The molecular weight excluding hydrogens is 376 g/mol. The fourth-order valence-electron chi connectivity index (χ4n) is 3.60. The molecular formula is C21H28N2O6. The molecule has 1 aliphatic rings. The summed E-state index contributed by atoms with van der Waals surface area (Å²) in [6.07, 6.45) is 0.768. The van der Waals surface area contributed by atoms with Crippen molar-refractivity contribution in [1.29, 1.82) is 0 Å². The Morgan fingerprint density at radius 2 is 2.00 bits per heavy atom. The van der Waals surface area contributed by atoms with Crippen molar-refractivity contribution >= 4 is 23.2 Å². The first-order valence-electron chi connectivity index (χ1n) is 9.93. The van der Waals surface area contributed by atoms with Gasteiger partial charge in [0.1, 0.15) is 11.7 Å². The van der Waals surface area contributed by atoms with Gasteiger partial charge < -0.3 is 18.8 Å². The summed E-state index contributed by atoms with van der Waals surface area (Å²) in [7, 11) is 0. The summed E-state index contributed by atoms with van der Waals surface area (Å²) in [6, 6.07) is 6.85. The van der Waals surface area contributed by atoms with Gasteiger partial charge >= 0.3 is 17.8 Å². The molecule has 29 heavy (non-hydrogen) atoms. The highest BCUT2D eigenvalue weighted by Gasteiger charge is 2.36. The summed E-state index contributed by atoms with van der Waals surface area (Å²) in [5.41, 5.74) is 0.550. The van der Waals surface area contributed by atoms with E-state index in [0.29, 0.717) is 17.6 Å². The SMILES string of the molecule is C[C@H](OC(=O)CCn1c(=O)oc2ccccc21)[C@@H]1CCCN1C(=O)OC(C)(C)C. The molecule has 0 spiro atoms. The van der Waals surface area contributed by atoms with Gasteiger partial charge in [0, 0.05) is 13.1 Å². The van der Waals surface area contributed by atoms with Gasteiger partial charge in [-0.25, -0.2) is 9.59 Å². The lowest BCUT2D eigenvalue weighted by molar-refractivity contribution is -0.151. The molecule has 0 radical (unpaired) electrons. The number of esters is 1. The summed E-state index contributed by atoms with van der Waals surface area (Å²) in [5, 5.41) is 0. The van der Waals surface area contributed by atoms with Crippen LogP contribution in [-0.2, 0) is 20.8 Å². The fraction of sp³-hybridized carbons (Fsp3) is 0.571. The number of rotatable bonds is 5. The van der Waals surface area contributed by atoms with Crippen LogP contribution in [0.4, 0.5) is 4.79 Å². The molecule has 2 atom stereocenters. The van der Waals surface area contributed by atoms with E-state index < -0.39 is 23.4 Å². The normalized spacial score (nSPS) is 18.1. The van der Waals surface area contributed by atoms with Crippen LogP contribution in [0, 0.1) is 0 Å². The Kier molecular flexibility index (Phi) is 6.00. The molecule has 1 amide bonds. The van der Waals surface area contributed by atoms with Crippen LogP contribution in [0.5, 0.6) is 0 Å². The lowest BCUT2D eigenvalue weighted by Gasteiger charge is -2.31. The molecule has 1 fully saturated rings. The predicted molar refractivity (Wildman–Crippen MR) is 107 cm³/mol. The summed E-state index contributed by atoms with van der Waals surface area (Å²) >= 11 is 0. The molecule has 1 aliphatic heterocycles. The first kappa shape index (κ1) is 21.0. The quantitative estimate of drug-likeness (QED) is 0.710. The van der Waals surface area contributed by atoms with Crippen molar-refractivity contribution in [2.45, 2.75) is 71.2 Å². The van der Waals surface area contributed by atoms with Gasteiger partial charge in [-0.2, -0.15) is 0 Å². The third-order valence-corrected chi connectivity index (χ3v) is 4.90. The molecule has 2 aromatic rings. The predicted octanol–water partition coefficient (Wildman–Crippen LogP) is 3.32. The molecule has 0 saturated carbocycles. The number of carbonyl (C=O) groups excluding carboxylic acids is 2. The molecule has 0 unspecified atom stereocenters. The number of ether oxygens (including phenoxy) is 2. The van der Waals surface area contributed by atoms with Gasteiger partial charge in [-0.3, -0.25) is 9.36 Å². The van der Waals surface area contributed by atoms with E-state index in [2.05, 4.69) is 0 Å². The van der Waals surface area contributed by atoms with Crippen LogP contribution < -0.4 is 5.76 Å². The minimum absolute atomic E-state index is 0.0347. The van der Waals surface area contributed by atoms with E-state index >= 15 is 0 Å². The van der Waals surface area contributed by atoms with Crippen molar-refractivity contribution in [2.75, 3.05) is 6.54 Å². The second-order valence-electron chi connectivity index (χ2n) is 8.32. The minimum atomic E-state index is -0.579. The molecule has 0 N–H and O–H groups in total. The maximum absolute atomic E-state index is 12.4. The van der Waals surface area contributed by atoms with E-state index in [1.54, 1.807) is 36.1 Å². The molecule has 0 aliphatic carbocycles. The Balaban J connectivity index is 1.58. The number of likely N-dealkylation sites (tertiary alicyclic amines) is 1. The highest BCUT2D eigenvalue weighted by Crippen LogP contribution is 2.25. The number of nitrogens with zero attached hydrogens (tertiary/aromatic N) is 2. The highest BCUT2D eigenvalue weighted by atomic mass is 16.6.